The Balaban J connectivity index is 1.47. The normalized spacial score (nSPS) is 12.7. The number of aromatic nitrogens is 2. The van der Waals surface area contributed by atoms with E-state index in [0.717, 1.165) is 16.9 Å². The molecule has 1 aromatic heterocycles. The fourth-order valence-electron chi connectivity index (χ4n) is 2.94. The van der Waals surface area contributed by atoms with Crippen LogP contribution in [0.2, 0.25) is 0 Å². The fourth-order valence-corrected chi connectivity index (χ4v) is 2.94. The molecule has 3 aromatic rings. The summed E-state index contributed by atoms with van der Waals surface area (Å²) in [5.41, 5.74) is 2.63. The van der Waals surface area contributed by atoms with Crippen molar-refractivity contribution < 1.29 is 18.7 Å². The quantitative estimate of drug-likeness (QED) is 0.769. The Kier molecular flexibility index (Phi) is 4.50. The number of halogens is 1. The summed E-state index contributed by atoms with van der Waals surface area (Å²) in [6.45, 7) is 1.48. The number of nitrogens with one attached hydrogen (secondary N) is 1. The highest BCUT2D eigenvalue weighted by Gasteiger charge is 2.17. The first-order valence-electron chi connectivity index (χ1n) is 8.55. The van der Waals surface area contributed by atoms with Crippen LogP contribution in [0.1, 0.15) is 16.1 Å². The molecule has 138 valence electrons. The predicted molar refractivity (Wildman–Crippen MR) is 97.2 cm³/mol. The minimum atomic E-state index is -0.315. The zero-order valence-corrected chi connectivity index (χ0v) is 14.7. The third-order valence-electron chi connectivity index (χ3n) is 4.32. The van der Waals surface area contributed by atoms with Crippen LogP contribution in [0.5, 0.6) is 11.5 Å². The van der Waals surface area contributed by atoms with Crippen molar-refractivity contribution in [2.45, 2.75) is 6.54 Å². The lowest BCUT2D eigenvalue weighted by Crippen LogP contribution is -2.26. The topological polar surface area (TPSA) is 67.5 Å². The van der Waals surface area contributed by atoms with E-state index in [9.17, 15) is 9.18 Å². The lowest BCUT2D eigenvalue weighted by molar-refractivity contribution is 0.0779. The first kappa shape index (κ1) is 17.1. The molecule has 1 aliphatic rings. The molecule has 0 fully saturated rings. The Hall–Kier alpha value is -3.35. The average molecular weight is 367 g/mol. The molecule has 0 saturated heterocycles. The summed E-state index contributed by atoms with van der Waals surface area (Å²) < 4.78 is 24.1. The van der Waals surface area contributed by atoms with E-state index in [-0.39, 0.29) is 11.7 Å². The second kappa shape index (κ2) is 7.11. The molecular weight excluding hydrogens is 349 g/mol. The van der Waals surface area contributed by atoms with Gasteiger partial charge in [-0.3, -0.25) is 9.89 Å². The standard InChI is InChI=1S/C20H18FN3O3/c1-24(12-13-2-7-18-19(10-13)27-9-8-26-18)20(25)17-11-16(22-23-17)14-3-5-15(21)6-4-14/h2-7,10-11H,8-9,12H2,1H3,(H,22,23). The summed E-state index contributed by atoms with van der Waals surface area (Å²) >= 11 is 0. The summed E-state index contributed by atoms with van der Waals surface area (Å²) in [6.07, 6.45) is 0. The minimum absolute atomic E-state index is 0.189. The molecule has 2 heterocycles. The van der Waals surface area contributed by atoms with Gasteiger partial charge in [-0.05, 0) is 48.0 Å². The van der Waals surface area contributed by atoms with E-state index in [1.54, 1.807) is 30.1 Å². The summed E-state index contributed by atoms with van der Waals surface area (Å²) in [5, 5.41) is 6.91. The number of hydrogen-bond acceptors (Lipinski definition) is 4. The van der Waals surface area contributed by atoms with Crippen LogP contribution in [0, 0.1) is 5.82 Å². The number of carbonyl (C=O) groups is 1. The molecule has 27 heavy (non-hydrogen) atoms. The van der Waals surface area contributed by atoms with Gasteiger partial charge in [0.2, 0.25) is 0 Å². The largest absolute Gasteiger partial charge is 0.486 e. The predicted octanol–water partition coefficient (Wildman–Crippen LogP) is 3.26. The number of ether oxygens (including phenoxy) is 2. The second-order valence-corrected chi connectivity index (χ2v) is 6.31. The van der Waals surface area contributed by atoms with E-state index in [0.29, 0.717) is 36.9 Å². The molecule has 4 rings (SSSR count). The molecule has 1 N–H and O–H groups in total. The summed E-state index contributed by atoms with van der Waals surface area (Å²) in [6, 6.07) is 13.3. The number of benzene rings is 2. The summed E-state index contributed by atoms with van der Waals surface area (Å²) in [5.74, 6) is 0.909. The van der Waals surface area contributed by atoms with Crippen molar-refractivity contribution in [2.75, 3.05) is 20.3 Å². The van der Waals surface area contributed by atoms with Crippen molar-refractivity contribution in [3.8, 4) is 22.8 Å². The monoisotopic (exact) mass is 367 g/mol. The molecule has 0 bridgehead atoms. The van der Waals surface area contributed by atoms with Crippen molar-refractivity contribution in [2.24, 2.45) is 0 Å². The van der Waals surface area contributed by atoms with E-state index in [1.807, 2.05) is 18.2 Å². The highest BCUT2D eigenvalue weighted by molar-refractivity contribution is 5.93. The van der Waals surface area contributed by atoms with E-state index >= 15 is 0 Å². The number of H-pyrrole nitrogens is 1. The van der Waals surface area contributed by atoms with Gasteiger partial charge in [-0.15, -0.1) is 0 Å². The van der Waals surface area contributed by atoms with Crippen LogP contribution in [0.25, 0.3) is 11.3 Å². The van der Waals surface area contributed by atoms with Crippen molar-refractivity contribution >= 4 is 5.91 Å². The van der Waals surface area contributed by atoms with Crippen molar-refractivity contribution in [1.82, 2.24) is 15.1 Å². The van der Waals surface area contributed by atoms with E-state index in [1.165, 1.54) is 12.1 Å². The van der Waals surface area contributed by atoms with Gasteiger partial charge in [0, 0.05) is 19.2 Å². The Morgan fingerprint density at radius 1 is 1.11 bits per heavy atom. The molecule has 6 nitrogen and oxygen atoms in total. The van der Waals surface area contributed by atoms with Gasteiger partial charge in [-0.1, -0.05) is 6.07 Å². The van der Waals surface area contributed by atoms with Crippen molar-refractivity contribution in [1.29, 1.82) is 0 Å². The molecule has 7 heteroatoms. The summed E-state index contributed by atoms with van der Waals surface area (Å²) in [4.78, 5) is 14.3. The molecule has 0 spiro atoms. The Morgan fingerprint density at radius 2 is 1.85 bits per heavy atom. The van der Waals surface area contributed by atoms with Gasteiger partial charge in [-0.2, -0.15) is 5.10 Å². The third kappa shape index (κ3) is 3.62. The zero-order valence-electron chi connectivity index (χ0n) is 14.7. The minimum Gasteiger partial charge on any atom is -0.486 e. The summed E-state index contributed by atoms with van der Waals surface area (Å²) in [7, 11) is 1.72. The third-order valence-corrected chi connectivity index (χ3v) is 4.32. The molecule has 0 unspecified atom stereocenters. The van der Waals surface area contributed by atoms with Crippen molar-refractivity contribution in [3.05, 3.63) is 65.6 Å². The number of fused-ring (bicyclic) bond motifs is 1. The van der Waals surface area contributed by atoms with Crippen molar-refractivity contribution in [3.63, 3.8) is 0 Å². The van der Waals surface area contributed by atoms with Gasteiger partial charge < -0.3 is 14.4 Å². The number of nitrogens with zero attached hydrogens (tertiary/aromatic N) is 2. The SMILES string of the molecule is CN(Cc1ccc2c(c1)OCCO2)C(=O)c1cc(-c2ccc(F)cc2)n[nH]1. The molecule has 1 amide bonds. The van der Waals surface area contributed by atoms with Crippen LogP contribution in [0.15, 0.2) is 48.5 Å². The van der Waals surface area contributed by atoms with E-state index < -0.39 is 0 Å². The molecule has 0 aliphatic carbocycles. The lowest BCUT2D eigenvalue weighted by Gasteiger charge is -2.21. The van der Waals surface area contributed by atoms with Gasteiger partial charge in [0.05, 0.1) is 5.69 Å². The van der Waals surface area contributed by atoms with Gasteiger partial charge in [0.15, 0.2) is 11.5 Å². The van der Waals surface area contributed by atoms with Crippen LogP contribution < -0.4 is 9.47 Å². The Labute approximate surface area is 155 Å². The Morgan fingerprint density at radius 3 is 2.63 bits per heavy atom. The molecule has 0 atom stereocenters. The average Bonchev–Trinajstić information content (AvgIpc) is 3.18. The number of aromatic amines is 1. The van der Waals surface area contributed by atoms with Gasteiger partial charge in [0.1, 0.15) is 24.7 Å². The highest BCUT2D eigenvalue weighted by atomic mass is 19.1. The first-order valence-corrected chi connectivity index (χ1v) is 8.55. The maximum Gasteiger partial charge on any atom is 0.271 e. The van der Waals surface area contributed by atoms with Gasteiger partial charge in [-0.25, -0.2) is 4.39 Å². The zero-order chi connectivity index (χ0) is 18.8. The number of carbonyl (C=O) groups excluding carboxylic acids is 1. The molecule has 2 aromatic carbocycles. The Bertz CT molecular complexity index is 969. The molecule has 1 aliphatic heterocycles. The highest BCUT2D eigenvalue weighted by Crippen LogP contribution is 2.31. The number of rotatable bonds is 4. The maximum atomic E-state index is 13.0. The van der Waals surface area contributed by atoms with Crippen LogP contribution in [0.4, 0.5) is 4.39 Å². The van der Waals surface area contributed by atoms with E-state index in [2.05, 4.69) is 10.2 Å². The van der Waals surface area contributed by atoms with Crippen LogP contribution in [0.3, 0.4) is 0 Å². The lowest BCUT2D eigenvalue weighted by atomic mass is 10.1. The van der Waals surface area contributed by atoms with Crippen LogP contribution in [-0.2, 0) is 6.54 Å². The first-order chi connectivity index (χ1) is 13.1. The molecule has 0 saturated carbocycles. The maximum absolute atomic E-state index is 13.0. The fraction of sp³-hybridized carbons (Fsp3) is 0.200. The van der Waals surface area contributed by atoms with E-state index in [4.69, 9.17) is 9.47 Å². The number of amides is 1. The van der Waals surface area contributed by atoms with Crippen LogP contribution in [-0.4, -0.2) is 41.3 Å². The second-order valence-electron chi connectivity index (χ2n) is 6.31. The smallest absolute Gasteiger partial charge is 0.271 e. The molecule has 0 radical (unpaired) electrons. The molecular formula is C20H18FN3O3. The van der Waals surface area contributed by atoms with Gasteiger partial charge >= 0.3 is 0 Å². The van der Waals surface area contributed by atoms with Gasteiger partial charge in [0.25, 0.3) is 5.91 Å². The number of hydrogen-bond donors (Lipinski definition) is 1. The van der Waals surface area contributed by atoms with Crippen LogP contribution >= 0.6 is 0 Å².